The number of aromatic amines is 1. The average Bonchev–Trinajstić information content (AvgIpc) is 2.96. The van der Waals surface area contributed by atoms with Crippen molar-refractivity contribution in [2.45, 2.75) is 25.7 Å². The molecule has 0 unspecified atom stereocenters. The lowest BCUT2D eigenvalue weighted by atomic mass is 10.1. The highest BCUT2D eigenvalue weighted by Crippen LogP contribution is 2.32. The number of hydrogen-bond acceptors (Lipinski definition) is 4. The summed E-state index contributed by atoms with van der Waals surface area (Å²) in [5.41, 5.74) is 4.72. The fourth-order valence-electron chi connectivity index (χ4n) is 2.70. The lowest BCUT2D eigenvalue weighted by Crippen LogP contribution is -2.38. The normalized spacial score (nSPS) is 17.7. The number of hydrogen-bond donors (Lipinski definition) is 1. The number of H-pyrrole nitrogens is 1. The van der Waals surface area contributed by atoms with Gasteiger partial charge in [0.05, 0.1) is 11.9 Å². The van der Waals surface area contributed by atoms with Crippen molar-refractivity contribution < 1.29 is 0 Å². The van der Waals surface area contributed by atoms with Crippen molar-refractivity contribution >= 4 is 5.95 Å². The van der Waals surface area contributed by atoms with Crippen LogP contribution in [0.1, 0.15) is 24.1 Å². The van der Waals surface area contributed by atoms with Crippen molar-refractivity contribution in [3.8, 4) is 11.3 Å². The average molecular weight is 241 g/mol. The summed E-state index contributed by atoms with van der Waals surface area (Å²) in [7, 11) is 0. The molecule has 2 aromatic rings. The zero-order valence-corrected chi connectivity index (χ0v) is 10.2. The van der Waals surface area contributed by atoms with E-state index in [1.165, 1.54) is 24.1 Å². The maximum atomic E-state index is 4.76. The van der Waals surface area contributed by atoms with Gasteiger partial charge in [-0.3, -0.25) is 5.10 Å². The Kier molecular flexibility index (Phi) is 2.12. The topological polar surface area (TPSA) is 57.7 Å². The van der Waals surface area contributed by atoms with Gasteiger partial charge in [0, 0.05) is 36.1 Å². The van der Waals surface area contributed by atoms with Crippen molar-refractivity contribution in [2.24, 2.45) is 0 Å². The van der Waals surface area contributed by atoms with E-state index >= 15 is 0 Å². The van der Waals surface area contributed by atoms with Crippen LogP contribution in [-0.2, 0) is 12.8 Å². The van der Waals surface area contributed by atoms with Crippen LogP contribution in [0.3, 0.4) is 0 Å². The molecule has 1 aliphatic heterocycles. The first-order chi connectivity index (χ1) is 8.92. The zero-order valence-electron chi connectivity index (χ0n) is 10.2. The molecule has 4 rings (SSSR count). The van der Waals surface area contributed by atoms with E-state index in [4.69, 9.17) is 9.97 Å². The monoisotopic (exact) mass is 241 g/mol. The van der Waals surface area contributed by atoms with E-state index in [0.29, 0.717) is 0 Å². The zero-order chi connectivity index (χ0) is 11.9. The molecular formula is C13H15N5. The van der Waals surface area contributed by atoms with Crippen molar-refractivity contribution in [1.29, 1.82) is 0 Å². The number of aromatic nitrogens is 4. The van der Waals surface area contributed by atoms with Gasteiger partial charge in [-0.2, -0.15) is 5.10 Å². The third kappa shape index (κ3) is 1.43. The molecule has 1 aliphatic carbocycles. The molecule has 2 aromatic heterocycles. The standard InChI is InChI=1S/C13H15N5/c1-3-10-11(4-1)16-13(18-5-2-6-18)17-12(10)9-7-14-15-8-9/h7-8H,1-6H2,(H,14,15). The lowest BCUT2D eigenvalue weighted by Gasteiger charge is -2.31. The molecule has 1 fully saturated rings. The Balaban J connectivity index is 1.86. The maximum absolute atomic E-state index is 4.76. The minimum Gasteiger partial charge on any atom is -0.341 e. The number of anilines is 1. The van der Waals surface area contributed by atoms with Gasteiger partial charge in [0.1, 0.15) is 0 Å². The Bertz CT molecular complexity index is 571. The van der Waals surface area contributed by atoms with Crippen LogP contribution in [0.25, 0.3) is 11.3 Å². The molecule has 5 nitrogen and oxygen atoms in total. The van der Waals surface area contributed by atoms with Crippen LogP contribution in [0.5, 0.6) is 0 Å². The summed E-state index contributed by atoms with van der Waals surface area (Å²) in [6, 6.07) is 0. The third-order valence-corrected chi connectivity index (χ3v) is 3.83. The Morgan fingerprint density at radius 2 is 2.06 bits per heavy atom. The van der Waals surface area contributed by atoms with E-state index < -0.39 is 0 Å². The van der Waals surface area contributed by atoms with E-state index in [0.717, 1.165) is 43.1 Å². The van der Waals surface area contributed by atoms with E-state index in [1.54, 1.807) is 0 Å². The predicted octanol–water partition coefficient (Wildman–Crippen LogP) is 1.57. The summed E-state index contributed by atoms with van der Waals surface area (Å²) in [5.74, 6) is 0.901. The second-order valence-electron chi connectivity index (χ2n) is 4.98. The first-order valence-corrected chi connectivity index (χ1v) is 6.56. The summed E-state index contributed by atoms with van der Waals surface area (Å²) < 4.78 is 0. The fourth-order valence-corrected chi connectivity index (χ4v) is 2.70. The smallest absolute Gasteiger partial charge is 0.226 e. The van der Waals surface area contributed by atoms with Gasteiger partial charge in [0.15, 0.2) is 0 Å². The molecule has 0 saturated carbocycles. The third-order valence-electron chi connectivity index (χ3n) is 3.83. The molecule has 18 heavy (non-hydrogen) atoms. The van der Waals surface area contributed by atoms with Crippen LogP contribution in [-0.4, -0.2) is 33.3 Å². The number of fused-ring (bicyclic) bond motifs is 1. The highest BCUT2D eigenvalue weighted by atomic mass is 15.3. The molecular weight excluding hydrogens is 226 g/mol. The molecule has 0 radical (unpaired) electrons. The predicted molar refractivity (Wildman–Crippen MR) is 68.5 cm³/mol. The number of nitrogens with zero attached hydrogens (tertiary/aromatic N) is 4. The Labute approximate surface area is 105 Å². The number of rotatable bonds is 2. The van der Waals surface area contributed by atoms with Crippen LogP contribution in [0.4, 0.5) is 5.95 Å². The first-order valence-electron chi connectivity index (χ1n) is 6.56. The highest BCUT2D eigenvalue weighted by molar-refractivity contribution is 5.65. The van der Waals surface area contributed by atoms with Gasteiger partial charge in [-0.05, 0) is 25.7 Å². The molecule has 1 saturated heterocycles. The Morgan fingerprint density at radius 1 is 1.11 bits per heavy atom. The second-order valence-corrected chi connectivity index (χ2v) is 4.98. The van der Waals surface area contributed by atoms with Gasteiger partial charge >= 0.3 is 0 Å². The Morgan fingerprint density at radius 3 is 2.78 bits per heavy atom. The molecule has 0 amide bonds. The lowest BCUT2D eigenvalue weighted by molar-refractivity contribution is 0.599. The molecule has 1 N–H and O–H groups in total. The molecule has 0 spiro atoms. The summed E-state index contributed by atoms with van der Waals surface area (Å²) in [6.07, 6.45) is 8.39. The quantitative estimate of drug-likeness (QED) is 0.867. The van der Waals surface area contributed by atoms with Crippen molar-refractivity contribution in [3.05, 3.63) is 23.7 Å². The summed E-state index contributed by atoms with van der Waals surface area (Å²) in [4.78, 5) is 11.7. The molecule has 2 aliphatic rings. The van der Waals surface area contributed by atoms with Gasteiger partial charge in [-0.1, -0.05) is 0 Å². The minimum absolute atomic E-state index is 0.901. The SMILES string of the molecule is c1n[nH]cc1-c1nc(N2CCC2)nc2c1CCC2. The number of aryl methyl sites for hydroxylation is 1. The van der Waals surface area contributed by atoms with Crippen LogP contribution in [0.2, 0.25) is 0 Å². The molecule has 5 heteroatoms. The van der Waals surface area contributed by atoms with E-state index in [9.17, 15) is 0 Å². The van der Waals surface area contributed by atoms with Gasteiger partial charge < -0.3 is 4.90 Å². The van der Waals surface area contributed by atoms with Gasteiger partial charge in [-0.15, -0.1) is 0 Å². The van der Waals surface area contributed by atoms with Crippen LogP contribution in [0, 0.1) is 0 Å². The first kappa shape index (κ1) is 10.1. The van der Waals surface area contributed by atoms with Crippen LogP contribution < -0.4 is 4.90 Å². The summed E-state index contributed by atoms with van der Waals surface area (Å²) in [5, 5.41) is 6.91. The highest BCUT2D eigenvalue weighted by Gasteiger charge is 2.24. The second kappa shape index (κ2) is 3.80. The van der Waals surface area contributed by atoms with Crippen LogP contribution >= 0.6 is 0 Å². The molecule has 0 aromatic carbocycles. The fraction of sp³-hybridized carbons (Fsp3) is 0.462. The minimum atomic E-state index is 0.901. The van der Waals surface area contributed by atoms with E-state index in [-0.39, 0.29) is 0 Å². The van der Waals surface area contributed by atoms with E-state index in [2.05, 4.69) is 15.1 Å². The molecule has 92 valence electrons. The largest absolute Gasteiger partial charge is 0.341 e. The van der Waals surface area contributed by atoms with Crippen molar-refractivity contribution in [2.75, 3.05) is 18.0 Å². The Hall–Kier alpha value is -1.91. The van der Waals surface area contributed by atoms with Crippen LogP contribution in [0.15, 0.2) is 12.4 Å². The van der Waals surface area contributed by atoms with Gasteiger partial charge in [0.25, 0.3) is 0 Å². The molecule has 0 bridgehead atoms. The number of nitrogens with one attached hydrogen (secondary N) is 1. The summed E-state index contributed by atoms with van der Waals surface area (Å²) in [6.45, 7) is 2.17. The van der Waals surface area contributed by atoms with Gasteiger partial charge in [0.2, 0.25) is 5.95 Å². The summed E-state index contributed by atoms with van der Waals surface area (Å²) >= 11 is 0. The molecule has 3 heterocycles. The maximum Gasteiger partial charge on any atom is 0.226 e. The van der Waals surface area contributed by atoms with Crippen molar-refractivity contribution in [1.82, 2.24) is 20.2 Å². The van der Waals surface area contributed by atoms with Gasteiger partial charge in [-0.25, -0.2) is 9.97 Å². The molecule has 0 atom stereocenters. The van der Waals surface area contributed by atoms with Crippen molar-refractivity contribution in [3.63, 3.8) is 0 Å². The van der Waals surface area contributed by atoms with E-state index in [1.807, 2.05) is 12.4 Å².